The summed E-state index contributed by atoms with van der Waals surface area (Å²) in [5, 5.41) is 16.0. The highest BCUT2D eigenvalue weighted by Crippen LogP contribution is 2.30. The van der Waals surface area contributed by atoms with E-state index in [0.29, 0.717) is 27.9 Å². The molecule has 0 spiro atoms. The number of hydrogen-bond donors (Lipinski definition) is 2. The zero-order chi connectivity index (χ0) is 17.3. The molecule has 3 N–H and O–H groups in total. The Morgan fingerprint density at radius 1 is 1.46 bits per heavy atom. The van der Waals surface area contributed by atoms with Crippen LogP contribution in [-0.2, 0) is 0 Å². The second-order valence-corrected chi connectivity index (χ2v) is 5.77. The largest absolute Gasteiger partial charge is 0.382 e. The molecule has 1 aromatic carbocycles. The average molecular weight is 385 g/mol. The molecular formula is C16H13BrN6O. The van der Waals surface area contributed by atoms with Gasteiger partial charge in [0.15, 0.2) is 5.69 Å². The first-order valence-corrected chi connectivity index (χ1v) is 7.98. The van der Waals surface area contributed by atoms with Gasteiger partial charge in [-0.15, -0.1) is 0 Å². The summed E-state index contributed by atoms with van der Waals surface area (Å²) in [7, 11) is 0. The van der Waals surface area contributed by atoms with Gasteiger partial charge in [0.05, 0.1) is 11.6 Å². The highest BCUT2D eigenvalue weighted by molar-refractivity contribution is 9.10. The van der Waals surface area contributed by atoms with Crippen molar-refractivity contribution in [2.75, 3.05) is 12.3 Å². The summed E-state index contributed by atoms with van der Waals surface area (Å²) in [5.74, 6) is -0.0286. The Bertz CT molecular complexity index is 988. The maximum absolute atomic E-state index is 12.0. The lowest BCUT2D eigenvalue weighted by molar-refractivity contribution is 0.0950. The molecule has 2 aromatic heterocycles. The molecule has 24 heavy (non-hydrogen) atoms. The number of halogens is 1. The number of aromatic nitrogens is 3. The Kier molecular flexibility index (Phi) is 4.18. The highest BCUT2D eigenvalue weighted by atomic mass is 79.9. The number of nitriles is 1. The minimum Gasteiger partial charge on any atom is -0.382 e. The lowest BCUT2D eigenvalue weighted by Crippen LogP contribution is -2.23. The molecule has 0 unspecified atom stereocenters. The molecular weight excluding hydrogens is 372 g/mol. The number of carbonyl (C=O) groups excluding carboxylic acids is 1. The maximum atomic E-state index is 12.0. The number of amides is 1. The number of fused-ring (bicyclic) bond motifs is 1. The smallest absolute Gasteiger partial charge is 0.271 e. The summed E-state index contributed by atoms with van der Waals surface area (Å²) in [5.41, 5.74) is 8.61. The normalized spacial score (nSPS) is 10.5. The predicted octanol–water partition coefficient (Wildman–Crippen LogP) is 2.36. The van der Waals surface area contributed by atoms with Gasteiger partial charge in [-0.2, -0.15) is 10.4 Å². The van der Waals surface area contributed by atoms with Crippen molar-refractivity contribution in [3.63, 3.8) is 0 Å². The summed E-state index contributed by atoms with van der Waals surface area (Å²) in [6.07, 6.45) is 0. The van der Waals surface area contributed by atoms with Crippen molar-refractivity contribution < 1.29 is 4.79 Å². The molecule has 0 aliphatic carbocycles. The fourth-order valence-electron chi connectivity index (χ4n) is 2.32. The quantitative estimate of drug-likeness (QED) is 0.720. The Labute approximate surface area is 146 Å². The molecule has 0 saturated carbocycles. The molecule has 8 heteroatoms. The molecule has 0 aliphatic heterocycles. The second kappa shape index (κ2) is 6.29. The number of nitrogen functional groups attached to an aromatic ring is 1. The van der Waals surface area contributed by atoms with Gasteiger partial charge in [-0.1, -0.05) is 12.1 Å². The second-order valence-electron chi connectivity index (χ2n) is 5.02. The van der Waals surface area contributed by atoms with Gasteiger partial charge in [0.1, 0.15) is 21.6 Å². The van der Waals surface area contributed by atoms with Gasteiger partial charge in [0.25, 0.3) is 5.91 Å². The highest BCUT2D eigenvalue weighted by Gasteiger charge is 2.18. The lowest BCUT2D eigenvalue weighted by Gasteiger charge is -2.08. The Morgan fingerprint density at radius 2 is 2.25 bits per heavy atom. The van der Waals surface area contributed by atoms with E-state index in [1.807, 2.05) is 13.0 Å². The van der Waals surface area contributed by atoms with E-state index >= 15 is 0 Å². The van der Waals surface area contributed by atoms with Crippen molar-refractivity contribution in [3.8, 4) is 17.3 Å². The van der Waals surface area contributed by atoms with Crippen LogP contribution in [0.15, 0.2) is 34.9 Å². The molecule has 0 atom stereocenters. The third-order valence-corrected chi connectivity index (χ3v) is 4.13. The first-order valence-electron chi connectivity index (χ1n) is 7.18. The van der Waals surface area contributed by atoms with Crippen LogP contribution in [-0.4, -0.2) is 27.0 Å². The van der Waals surface area contributed by atoms with E-state index in [4.69, 9.17) is 11.0 Å². The van der Waals surface area contributed by atoms with E-state index in [9.17, 15) is 4.79 Å². The van der Waals surface area contributed by atoms with Gasteiger partial charge >= 0.3 is 0 Å². The molecule has 3 aromatic rings. The minimum absolute atomic E-state index is 0.249. The zero-order valence-corrected chi connectivity index (χ0v) is 14.3. The standard InChI is InChI=1S/C16H13BrN6O/c1-2-20-16(24)11-7-12-15(19)21-13(14(17)23(12)22-11)10-5-3-4-9(6-10)8-18/h3-7H,2H2,1H3,(H2,19,21)(H,20,24). The Balaban J connectivity index is 2.19. The number of carbonyl (C=O) groups is 1. The summed E-state index contributed by atoms with van der Waals surface area (Å²) in [4.78, 5) is 16.4. The van der Waals surface area contributed by atoms with Gasteiger partial charge in [-0.25, -0.2) is 9.50 Å². The number of nitrogens with one attached hydrogen (secondary N) is 1. The van der Waals surface area contributed by atoms with Crippen LogP contribution in [0.5, 0.6) is 0 Å². The van der Waals surface area contributed by atoms with Crippen LogP contribution in [0.25, 0.3) is 16.8 Å². The van der Waals surface area contributed by atoms with E-state index < -0.39 is 0 Å². The molecule has 0 aliphatic rings. The summed E-state index contributed by atoms with van der Waals surface area (Å²) < 4.78 is 2.08. The number of hydrogen-bond acceptors (Lipinski definition) is 5. The topological polar surface area (TPSA) is 109 Å². The third-order valence-electron chi connectivity index (χ3n) is 3.42. The van der Waals surface area contributed by atoms with E-state index in [1.54, 1.807) is 24.3 Å². The molecule has 2 heterocycles. The van der Waals surface area contributed by atoms with E-state index in [2.05, 4.69) is 37.4 Å². The van der Waals surface area contributed by atoms with Crippen LogP contribution in [0.3, 0.4) is 0 Å². The molecule has 0 bridgehead atoms. The fraction of sp³-hybridized carbons (Fsp3) is 0.125. The van der Waals surface area contributed by atoms with E-state index in [-0.39, 0.29) is 17.4 Å². The molecule has 0 radical (unpaired) electrons. The third kappa shape index (κ3) is 2.70. The fourth-order valence-corrected chi connectivity index (χ4v) is 2.91. The zero-order valence-electron chi connectivity index (χ0n) is 12.7. The number of rotatable bonds is 3. The van der Waals surface area contributed by atoms with E-state index in [0.717, 1.165) is 5.56 Å². The van der Waals surface area contributed by atoms with Crippen molar-refractivity contribution in [1.82, 2.24) is 19.9 Å². The van der Waals surface area contributed by atoms with Gasteiger partial charge in [-0.05, 0) is 35.0 Å². The number of nitrogens with zero attached hydrogens (tertiary/aromatic N) is 4. The molecule has 0 saturated heterocycles. The van der Waals surface area contributed by atoms with Gasteiger partial charge in [0.2, 0.25) is 0 Å². The number of benzene rings is 1. The van der Waals surface area contributed by atoms with Crippen LogP contribution in [0.2, 0.25) is 0 Å². The van der Waals surface area contributed by atoms with Crippen molar-refractivity contribution >= 4 is 33.2 Å². The van der Waals surface area contributed by atoms with Crippen molar-refractivity contribution in [2.24, 2.45) is 0 Å². The van der Waals surface area contributed by atoms with Crippen molar-refractivity contribution in [2.45, 2.75) is 6.92 Å². The SMILES string of the molecule is CCNC(=O)c1cc2c(N)nc(-c3cccc(C#N)c3)c(Br)n2n1. The van der Waals surface area contributed by atoms with Gasteiger partial charge in [-0.3, -0.25) is 4.79 Å². The molecule has 0 fully saturated rings. The van der Waals surface area contributed by atoms with Crippen molar-refractivity contribution in [1.29, 1.82) is 5.26 Å². The first-order chi connectivity index (χ1) is 11.5. The summed E-state index contributed by atoms with van der Waals surface area (Å²) in [6, 6.07) is 10.7. The van der Waals surface area contributed by atoms with Crippen LogP contribution in [0.1, 0.15) is 23.0 Å². The number of nitrogens with two attached hydrogens (primary N) is 1. The lowest BCUT2D eigenvalue weighted by atomic mass is 10.1. The average Bonchev–Trinajstić information content (AvgIpc) is 3.05. The molecule has 1 amide bonds. The van der Waals surface area contributed by atoms with Crippen molar-refractivity contribution in [3.05, 3.63) is 46.2 Å². The van der Waals surface area contributed by atoms with Crippen LogP contribution in [0.4, 0.5) is 5.82 Å². The Hall–Kier alpha value is -2.92. The monoisotopic (exact) mass is 384 g/mol. The van der Waals surface area contributed by atoms with Gasteiger partial charge < -0.3 is 11.1 Å². The summed E-state index contributed by atoms with van der Waals surface area (Å²) >= 11 is 3.47. The van der Waals surface area contributed by atoms with Gasteiger partial charge in [0, 0.05) is 18.2 Å². The number of anilines is 1. The van der Waals surface area contributed by atoms with E-state index in [1.165, 1.54) is 4.52 Å². The molecule has 3 rings (SSSR count). The summed E-state index contributed by atoms with van der Waals surface area (Å²) in [6.45, 7) is 2.34. The molecule has 120 valence electrons. The van der Waals surface area contributed by atoms with Crippen LogP contribution >= 0.6 is 15.9 Å². The molecule has 7 nitrogen and oxygen atoms in total. The maximum Gasteiger partial charge on any atom is 0.271 e. The Morgan fingerprint density at radius 3 is 2.96 bits per heavy atom. The first kappa shape index (κ1) is 16.0. The minimum atomic E-state index is -0.277. The predicted molar refractivity (Wildman–Crippen MR) is 93.3 cm³/mol. The van der Waals surface area contributed by atoms with Crippen LogP contribution in [0, 0.1) is 11.3 Å². The van der Waals surface area contributed by atoms with Crippen LogP contribution < -0.4 is 11.1 Å².